The fourth-order valence-electron chi connectivity index (χ4n) is 7.88. The molecule has 0 atom stereocenters. The van der Waals surface area contributed by atoms with Crippen molar-refractivity contribution in [3.63, 3.8) is 0 Å². The summed E-state index contributed by atoms with van der Waals surface area (Å²) >= 11 is 24.9. The van der Waals surface area contributed by atoms with E-state index < -0.39 is 18.7 Å². The van der Waals surface area contributed by atoms with Gasteiger partial charge in [-0.1, -0.05) is 32.1 Å². The number of nitrogens with zero attached hydrogens (tertiary/aromatic N) is 6. The number of hydrogen-bond acceptors (Lipinski definition) is 5. The van der Waals surface area contributed by atoms with E-state index in [9.17, 15) is 5.16 Å². The molecular formula is C29H61Cl6N8P3. The minimum absolute atomic E-state index is 0. The Balaban J connectivity index is 0.000000187. The molecule has 7 aliphatic rings. The third kappa shape index (κ3) is 13.2. The first-order chi connectivity index (χ1) is 21.4. The Bertz CT molecular complexity index is 795. The van der Waals surface area contributed by atoms with Crippen LogP contribution in [0.5, 0.6) is 0 Å². The molecule has 274 valence electrons. The Labute approximate surface area is 311 Å². The summed E-state index contributed by atoms with van der Waals surface area (Å²) in [4.78, 5) is 0. The minimum Gasteiger partial charge on any atom is -1.00 e. The van der Waals surface area contributed by atoms with E-state index in [2.05, 4.69) is 28.0 Å². The molecule has 0 unspecified atom stereocenters. The van der Waals surface area contributed by atoms with Gasteiger partial charge in [0.15, 0.2) is 7.51 Å². The Morgan fingerprint density at radius 1 is 0.413 bits per heavy atom. The Hall–Kier alpha value is 2.55. The van der Waals surface area contributed by atoms with Gasteiger partial charge in [0.1, 0.15) is 0 Å². The molecule has 1 saturated carbocycles. The molecule has 46 heavy (non-hydrogen) atoms. The molecular weight excluding hydrogens is 766 g/mol. The smallest absolute Gasteiger partial charge is 0.303 e. The summed E-state index contributed by atoms with van der Waals surface area (Å²) in [6.45, 7) is 14.4. The molecule has 6 aliphatic heterocycles. The van der Waals surface area contributed by atoms with Gasteiger partial charge in [0.05, 0.1) is 0 Å². The fourth-order valence-corrected chi connectivity index (χ4v) is 15.2. The van der Waals surface area contributed by atoms with Gasteiger partial charge >= 0.3 is 67.4 Å². The van der Waals surface area contributed by atoms with Crippen LogP contribution in [-0.2, 0) is 0 Å². The van der Waals surface area contributed by atoms with Crippen molar-refractivity contribution in [3.8, 4) is 0 Å². The Morgan fingerprint density at radius 2 is 0.587 bits per heavy atom. The molecule has 6 saturated heterocycles. The first-order valence-corrected chi connectivity index (χ1v) is 27.9. The summed E-state index contributed by atoms with van der Waals surface area (Å²) in [6, 6.07) is 0. The SMILES string of the molecule is C1CCCC1.ClP(Cl)(Cl)(Cl)Cl.N=P(N1CCCC1)(N1CCCC1)N1CCCC1.N[P+](N1CCCC1)(N1CCCC1)N1CCCC1.[Cl-]. The maximum Gasteiger partial charge on any atom is 0.303 e. The quantitative estimate of drug-likeness (QED) is 0.264. The van der Waals surface area contributed by atoms with Gasteiger partial charge in [-0.3, -0.25) is 5.16 Å². The second kappa shape index (κ2) is 20.1. The van der Waals surface area contributed by atoms with Crippen molar-refractivity contribution in [1.29, 1.82) is 5.16 Å². The van der Waals surface area contributed by atoms with Crippen LogP contribution in [0.3, 0.4) is 0 Å². The summed E-state index contributed by atoms with van der Waals surface area (Å²) in [7, 11) is -3.47. The number of nitrogens with one attached hydrogen (secondary N) is 1. The second-order valence-electron chi connectivity index (χ2n) is 13.6. The zero-order chi connectivity index (χ0) is 32.4. The Morgan fingerprint density at radius 3 is 0.783 bits per heavy atom. The molecule has 8 nitrogen and oxygen atoms in total. The van der Waals surface area contributed by atoms with Crippen LogP contribution in [0.1, 0.15) is 109 Å². The number of halogens is 6. The van der Waals surface area contributed by atoms with Gasteiger partial charge in [0.25, 0.3) is 0 Å². The van der Waals surface area contributed by atoms with Crippen LogP contribution < -0.4 is 17.9 Å². The van der Waals surface area contributed by atoms with Crippen molar-refractivity contribution >= 4 is 74.9 Å². The van der Waals surface area contributed by atoms with Crippen molar-refractivity contribution in [2.24, 2.45) is 5.50 Å². The fraction of sp³-hybridized carbons (Fsp3) is 1.00. The van der Waals surface area contributed by atoms with Crippen molar-refractivity contribution in [1.82, 2.24) is 28.0 Å². The third-order valence-electron chi connectivity index (χ3n) is 10.2. The van der Waals surface area contributed by atoms with E-state index in [1.165, 1.54) is 188 Å². The van der Waals surface area contributed by atoms with E-state index in [0.717, 1.165) is 0 Å². The molecule has 0 aromatic carbocycles. The van der Waals surface area contributed by atoms with E-state index in [0.29, 0.717) is 0 Å². The van der Waals surface area contributed by atoms with Gasteiger partial charge in [0.2, 0.25) is 0 Å². The van der Waals surface area contributed by atoms with E-state index in [1.807, 2.05) is 0 Å². The maximum absolute atomic E-state index is 9.20. The molecule has 0 spiro atoms. The summed E-state index contributed by atoms with van der Waals surface area (Å²) in [5, 5.41) is 9.20. The van der Waals surface area contributed by atoms with Crippen LogP contribution in [-0.4, -0.2) is 107 Å². The van der Waals surface area contributed by atoms with E-state index >= 15 is 0 Å². The van der Waals surface area contributed by atoms with Crippen LogP contribution >= 0.6 is 74.9 Å². The van der Waals surface area contributed by atoms with Gasteiger partial charge in [-0.2, -0.15) is 5.50 Å². The summed E-state index contributed by atoms with van der Waals surface area (Å²) in [6.07, 6.45) is 23.4. The zero-order valence-electron chi connectivity index (χ0n) is 27.9. The number of hydrogen-bond donors (Lipinski definition) is 2. The molecule has 0 aromatic rings. The predicted molar refractivity (Wildman–Crippen MR) is 205 cm³/mol. The van der Waals surface area contributed by atoms with Gasteiger partial charge in [0, 0.05) is 78.5 Å². The second-order valence-corrected chi connectivity index (χ2v) is 35.9. The van der Waals surface area contributed by atoms with Gasteiger partial charge in [-0.15, -0.1) is 14.0 Å². The minimum atomic E-state index is -3.69. The first kappa shape index (κ1) is 43.0. The predicted octanol–water partition coefficient (Wildman–Crippen LogP) is 7.97. The topological polar surface area (TPSA) is 69.3 Å². The molecule has 0 aromatic heterocycles. The molecule has 1 aliphatic carbocycles. The Kier molecular flexibility index (Phi) is 18.8. The molecule has 0 amide bonds. The monoisotopic (exact) mass is 824 g/mol. The van der Waals surface area contributed by atoms with E-state index in [-0.39, 0.29) is 12.4 Å². The summed E-state index contributed by atoms with van der Waals surface area (Å²) < 4.78 is 11.8. The van der Waals surface area contributed by atoms with E-state index in [4.69, 9.17) is 61.7 Å². The molecule has 3 N–H and O–H groups in total. The van der Waals surface area contributed by atoms with Crippen LogP contribution in [0.2, 0.25) is 0 Å². The molecule has 6 heterocycles. The maximum atomic E-state index is 9.20. The van der Waals surface area contributed by atoms with Crippen molar-refractivity contribution in [3.05, 3.63) is 0 Å². The van der Waals surface area contributed by atoms with Gasteiger partial charge in [-0.25, -0.2) is 14.0 Å². The van der Waals surface area contributed by atoms with Crippen LogP contribution in [0, 0.1) is 5.16 Å². The van der Waals surface area contributed by atoms with Crippen LogP contribution in [0.15, 0.2) is 0 Å². The molecule has 7 rings (SSSR count). The first-order valence-electron chi connectivity index (χ1n) is 17.8. The largest absolute Gasteiger partial charge is 1.00 e. The summed E-state index contributed by atoms with van der Waals surface area (Å²) in [5.74, 6) is 0. The average molecular weight is 828 g/mol. The standard InChI is InChI=1S/C12H26N4P.C12H25N4P.C5H10.Cl5P.ClH/c2*13-17(14-7-1-2-8-14,15-9-3-4-10-15)16-11-5-6-12-16;1-2-4-5-3-1;1-6(2,3,4)5;/h1-13H2;13H,1-12H2;1-5H2;;1H/q+1;;;;/p-1. The molecule has 0 bridgehead atoms. The van der Waals surface area contributed by atoms with Crippen molar-refractivity contribution < 1.29 is 12.4 Å². The van der Waals surface area contributed by atoms with Crippen LogP contribution in [0.4, 0.5) is 0 Å². The molecule has 17 heteroatoms. The normalized spacial score (nSPS) is 26.9. The van der Waals surface area contributed by atoms with Gasteiger partial charge in [-0.05, 0) is 77.0 Å². The molecule has 0 radical (unpaired) electrons. The van der Waals surface area contributed by atoms with E-state index in [1.54, 1.807) is 0 Å². The average Bonchev–Trinajstić information content (AvgIpc) is 3.90. The molecule has 7 fully saturated rings. The summed E-state index contributed by atoms with van der Waals surface area (Å²) in [5.41, 5.74) is 7.00. The zero-order valence-corrected chi connectivity index (χ0v) is 35.1. The number of rotatable bonds is 6. The van der Waals surface area contributed by atoms with Crippen LogP contribution in [0.25, 0.3) is 0 Å². The number of nitrogens with two attached hydrogens (primary N) is 1. The van der Waals surface area contributed by atoms with Crippen molar-refractivity contribution in [2.75, 3.05) is 78.5 Å². The van der Waals surface area contributed by atoms with Crippen molar-refractivity contribution in [2.45, 2.75) is 109 Å². The van der Waals surface area contributed by atoms with Gasteiger partial charge < -0.3 is 12.4 Å². The third-order valence-corrected chi connectivity index (χ3v) is 17.4.